The van der Waals surface area contributed by atoms with Gasteiger partial charge in [-0.25, -0.2) is 4.68 Å². The molecule has 3 aromatic rings. The number of rotatable bonds is 5. The molecule has 28 heavy (non-hydrogen) atoms. The topological polar surface area (TPSA) is 64.2 Å². The molecule has 0 saturated carbocycles. The molecule has 0 spiro atoms. The molecule has 0 aliphatic carbocycles. The SMILES string of the molecule is Cc1cc(C(N)=O)nn1-c1ccc(Cc2ccc([C@H]3CCN(C)C3)cc2)cc1. The number of primary amides is 1. The van der Waals surface area contributed by atoms with Gasteiger partial charge in [0.25, 0.3) is 5.91 Å². The van der Waals surface area contributed by atoms with Gasteiger partial charge in [-0.1, -0.05) is 36.4 Å². The summed E-state index contributed by atoms with van der Waals surface area (Å²) >= 11 is 0. The lowest BCUT2D eigenvalue weighted by atomic mass is 9.96. The Labute approximate surface area is 165 Å². The highest BCUT2D eigenvalue weighted by atomic mass is 16.1. The zero-order chi connectivity index (χ0) is 19.7. The lowest BCUT2D eigenvalue weighted by Gasteiger charge is -2.12. The van der Waals surface area contributed by atoms with Crippen molar-refractivity contribution >= 4 is 5.91 Å². The van der Waals surface area contributed by atoms with Crippen LogP contribution in [0.5, 0.6) is 0 Å². The Balaban J connectivity index is 1.45. The predicted molar refractivity (Wildman–Crippen MR) is 111 cm³/mol. The average molecular weight is 374 g/mol. The number of likely N-dealkylation sites (tertiary alicyclic amines) is 1. The minimum absolute atomic E-state index is 0.287. The van der Waals surface area contributed by atoms with Crippen molar-refractivity contribution in [1.82, 2.24) is 14.7 Å². The molecular formula is C23H26N4O. The van der Waals surface area contributed by atoms with E-state index < -0.39 is 5.91 Å². The summed E-state index contributed by atoms with van der Waals surface area (Å²) in [5.74, 6) is 0.159. The van der Waals surface area contributed by atoms with Crippen molar-refractivity contribution in [3.63, 3.8) is 0 Å². The molecule has 4 rings (SSSR count). The molecule has 2 aromatic carbocycles. The van der Waals surface area contributed by atoms with E-state index in [4.69, 9.17) is 5.73 Å². The van der Waals surface area contributed by atoms with Crippen LogP contribution in [0.2, 0.25) is 0 Å². The fourth-order valence-electron chi connectivity index (χ4n) is 3.96. The Hall–Kier alpha value is -2.92. The molecule has 5 heteroatoms. The molecular weight excluding hydrogens is 348 g/mol. The fraction of sp³-hybridized carbons (Fsp3) is 0.304. The number of nitrogens with zero attached hydrogens (tertiary/aromatic N) is 3. The number of benzene rings is 2. The second-order valence-electron chi connectivity index (χ2n) is 7.78. The highest BCUT2D eigenvalue weighted by molar-refractivity contribution is 5.90. The average Bonchev–Trinajstić information content (AvgIpc) is 3.29. The number of carbonyl (C=O) groups is 1. The summed E-state index contributed by atoms with van der Waals surface area (Å²) in [5.41, 5.74) is 11.4. The Morgan fingerprint density at radius 2 is 1.75 bits per heavy atom. The number of aromatic nitrogens is 2. The molecule has 1 atom stereocenters. The van der Waals surface area contributed by atoms with E-state index in [1.165, 1.54) is 29.7 Å². The zero-order valence-electron chi connectivity index (χ0n) is 16.4. The Kier molecular flexibility index (Phi) is 5.01. The van der Waals surface area contributed by atoms with Gasteiger partial charge in [-0.3, -0.25) is 4.79 Å². The van der Waals surface area contributed by atoms with Crippen molar-refractivity contribution in [3.05, 3.63) is 82.7 Å². The van der Waals surface area contributed by atoms with Crippen LogP contribution in [-0.4, -0.2) is 40.7 Å². The molecule has 1 aromatic heterocycles. The van der Waals surface area contributed by atoms with Crippen LogP contribution in [0.1, 0.15) is 45.2 Å². The van der Waals surface area contributed by atoms with Crippen molar-refractivity contribution in [2.24, 2.45) is 5.73 Å². The van der Waals surface area contributed by atoms with Crippen LogP contribution in [-0.2, 0) is 6.42 Å². The first-order valence-corrected chi connectivity index (χ1v) is 9.73. The van der Waals surface area contributed by atoms with Crippen molar-refractivity contribution in [2.45, 2.75) is 25.7 Å². The van der Waals surface area contributed by atoms with Gasteiger partial charge in [0.05, 0.1) is 5.69 Å². The summed E-state index contributed by atoms with van der Waals surface area (Å²) in [7, 11) is 2.19. The maximum atomic E-state index is 11.3. The molecule has 0 unspecified atom stereocenters. The summed E-state index contributed by atoms with van der Waals surface area (Å²) in [4.78, 5) is 13.7. The van der Waals surface area contributed by atoms with E-state index in [1.807, 2.05) is 19.1 Å². The molecule has 1 aliphatic heterocycles. The first-order chi connectivity index (χ1) is 13.5. The number of hydrogen-bond donors (Lipinski definition) is 1. The quantitative estimate of drug-likeness (QED) is 0.745. The van der Waals surface area contributed by atoms with Gasteiger partial charge in [0.2, 0.25) is 0 Å². The molecule has 1 saturated heterocycles. The van der Waals surface area contributed by atoms with Crippen molar-refractivity contribution in [1.29, 1.82) is 0 Å². The molecule has 5 nitrogen and oxygen atoms in total. The Morgan fingerprint density at radius 3 is 2.29 bits per heavy atom. The molecule has 1 fully saturated rings. The van der Waals surface area contributed by atoms with Gasteiger partial charge in [-0.2, -0.15) is 5.10 Å². The summed E-state index contributed by atoms with van der Waals surface area (Å²) in [5, 5.41) is 4.28. The summed E-state index contributed by atoms with van der Waals surface area (Å²) in [6.45, 7) is 4.26. The van der Waals surface area contributed by atoms with Crippen LogP contribution in [0.4, 0.5) is 0 Å². The third-order valence-corrected chi connectivity index (χ3v) is 5.57. The van der Waals surface area contributed by atoms with Crippen LogP contribution in [0.15, 0.2) is 54.6 Å². The van der Waals surface area contributed by atoms with E-state index in [-0.39, 0.29) is 5.69 Å². The minimum atomic E-state index is -0.508. The van der Waals surface area contributed by atoms with E-state index in [0.717, 1.165) is 24.3 Å². The van der Waals surface area contributed by atoms with Gasteiger partial charge in [-0.15, -0.1) is 0 Å². The van der Waals surface area contributed by atoms with Gasteiger partial charge in [-0.05, 0) is 74.2 Å². The number of aryl methyl sites for hydroxylation is 1. The van der Waals surface area contributed by atoms with Gasteiger partial charge in [0.15, 0.2) is 5.69 Å². The summed E-state index contributed by atoms with van der Waals surface area (Å²) < 4.78 is 1.75. The van der Waals surface area contributed by atoms with Crippen LogP contribution in [0, 0.1) is 6.92 Å². The van der Waals surface area contributed by atoms with Gasteiger partial charge < -0.3 is 10.6 Å². The minimum Gasteiger partial charge on any atom is -0.364 e. The van der Waals surface area contributed by atoms with E-state index in [9.17, 15) is 4.79 Å². The van der Waals surface area contributed by atoms with Crippen LogP contribution in [0.3, 0.4) is 0 Å². The number of likely N-dealkylation sites (N-methyl/N-ethyl adjacent to an activating group) is 1. The lowest BCUT2D eigenvalue weighted by molar-refractivity contribution is 0.0995. The molecule has 2 N–H and O–H groups in total. The van der Waals surface area contributed by atoms with Crippen LogP contribution >= 0.6 is 0 Å². The predicted octanol–water partition coefficient (Wildman–Crippen LogP) is 3.29. The van der Waals surface area contributed by atoms with Gasteiger partial charge in [0.1, 0.15) is 0 Å². The smallest absolute Gasteiger partial charge is 0.269 e. The summed E-state index contributed by atoms with van der Waals surface area (Å²) in [6.07, 6.45) is 2.15. The molecule has 0 bridgehead atoms. The standard InChI is InChI=1S/C23H26N4O/c1-16-13-22(23(24)28)25-27(16)21-9-5-18(6-10-21)14-17-3-7-19(8-4-17)20-11-12-26(2)15-20/h3-10,13,20H,11-12,14-15H2,1-2H3,(H2,24,28)/t20-/m0/s1. The second-order valence-corrected chi connectivity index (χ2v) is 7.78. The Bertz CT molecular complexity index is 973. The van der Waals surface area contributed by atoms with Crippen molar-refractivity contribution in [3.8, 4) is 5.69 Å². The molecule has 0 radical (unpaired) electrons. The number of nitrogens with two attached hydrogens (primary N) is 1. The first-order valence-electron chi connectivity index (χ1n) is 9.73. The van der Waals surface area contributed by atoms with Gasteiger partial charge >= 0.3 is 0 Å². The first kappa shape index (κ1) is 18.4. The van der Waals surface area contributed by atoms with E-state index in [0.29, 0.717) is 5.92 Å². The number of carbonyl (C=O) groups excluding carboxylic acids is 1. The van der Waals surface area contributed by atoms with E-state index >= 15 is 0 Å². The third-order valence-electron chi connectivity index (χ3n) is 5.57. The maximum Gasteiger partial charge on any atom is 0.269 e. The third kappa shape index (κ3) is 3.85. The lowest BCUT2D eigenvalue weighted by Crippen LogP contribution is -2.13. The normalized spacial score (nSPS) is 17.1. The van der Waals surface area contributed by atoms with Crippen molar-refractivity contribution < 1.29 is 4.79 Å². The van der Waals surface area contributed by atoms with E-state index in [2.05, 4.69) is 53.4 Å². The van der Waals surface area contributed by atoms with Gasteiger partial charge in [0, 0.05) is 12.2 Å². The number of hydrogen-bond acceptors (Lipinski definition) is 3. The Morgan fingerprint density at radius 1 is 1.11 bits per heavy atom. The number of amides is 1. The molecule has 1 amide bonds. The second kappa shape index (κ2) is 7.60. The monoisotopic (exact) mass is 374 g/mol. The van der Waals surface area contributed by atoms with Crippen LogP contribution < -0.4 is 5.73 Å². The molecule has 144 valence electrons. The van der Waals surface area contributed by atoms with Crippen LogP contribution in [0.25, 0.3) is 5.69 Å². The highest BCUT2D eigenvalue weighted by Crippen LogP contribution is 2.26. The largest absolute Gasteiger partial charge is 0.364 e. The maximum absolute atomic E-state index is 11.3. The molecule has 1 aliphatic rings. The zero-order valence-corrected chi connectivity index (χ0v) is 16.4. The molecule has 2 heterocycles. The van der Waals surface area contributed by atoms with E-state index in [1.54, 1.807) is 10.7 Å². The highest BCUT2D eigenvalue weighted by Gasteiger charge is 2.20. The fourth-order valence-corrected chi connectivity index (χ4v) is 3.96. The summed E-state index contributed by atoms with van der Waals surface area (Å²) in [6, 6.07) is 19.1. The van der Waals surface area contributed by atoms with Crippen molar-refractivity contribution in [2.75, 3.05) is 20.1 Å².